The first kappa shape index (κ1) is 19.3. The molecule has 2 heterocycles. The standard InChI is InChI=1S/C22H22N4O2S/c1-13-9-10-16-11-14(2)21-24-25-22(26(21)20(16)15(13)3)29-12-19(27)23-17-7-5-6-8-18(17)28-4/h5-11H,12H2,1-4H3,(H,23,27). The van der Waals surface area contributed by atoms with Gasteiger partial charge >= 0.3 is 0 Å². The van der Waals surface area contributed by atoms with Crippen molar-refractivity contribution in [2.24, 2.45) is 0 Å². The van der Waals surface area contributed by atoms with Crippen LogP contribution in [-0.4, -0.2) is 33.4 Å². The number of aryl methyl sites for hydroxylation is 3. The van der Waals surface area contributed by atoms with E-state index in [4.69, 9.17) is 4.74 Å². The third-order valence-electron chi connectivity index (χ3n) is 5.03. The van der Waals surface area contributed by atoms with Crippen LogP contribution in [0.3, 0.4) is 0 Å². The van der Waals surface area contributed by atoms with E-state index in [9.17, 15) is 4.79 Å². The highest BCUT2D eigenvalue weighted by molar-refractivity contribution is 7.99. The maximum absolute atomic E-state index is 12.5. The van der Waals surface area contributed by atoms with Gasteiger partial charge in [-0.15, -0.1) is 10.2 Å². The van der Waals surface area contributed by atoms with Crippen molar-refractivity contribution in [3.8, 4) is 5.75 Å². The predicted octanol–water partition coefficient (Wildman–Crippen LogP) is 4.55. The second-order valence-corrected chi connectivity index (χ2v) is 7.89. The van der Waals surface area contributed by atoms with Gasteiger partial charge in [0, 0.05) is 0 Å². The van der Waals surface area contributed by atoms with Crippen LogP contribution in [0.4, 0.5) is 5.69 Å². The van der Waals surface area contributed by atoms with E-state index in [1.165, 1.54) is 22.9 Å². The Bertz CT molecular complexity index is 1230. The molecule has 1 amide bonds. The molecular weight excluding hydrogens is 384 g/mol. The van der Waals surface area contributed by atoms with Crippen LogP contribution in [0.25, 0.3) is 16.6 Å². The molecule has 2 aromatic carbocycles. The maximum Gasteiger partial charge on any atom is 0.234 e. The summed E-state index contributed by atoms with van der Waals surface area (Å²) in [5.41, 5.74) is 6.01. The second-order valence-electron chi connectivity index (χ2n) is 6.95. The Morgan fingerprint density at radius 1 is 1.10 bits per heavy atom. The zero-order valence-electron chi connectivity index (χ0n) is 16.8. The molecule has 2 aromatic heterocycles. The monoisotopic (exact) mass is 406 g/mol. The normalized spacial score (nSPS) is 11.2. The van der Waals surface area contributed by atoms with Crippen molar-refractivity contribution in [3.63, 3.8) is 0 Å². The highest BCUT2D eigenvalue weighted by atomic mass is 32.2. The number of amides is 1. The number of hydrogen-bond donors (Lipinski definition) is 1. The van der Waals surface area contributed by atoms with Crippen molar-refractivity contribution < 1.29 is 9.53 Å². The summed E-state index contributed by atoms with van der Waals surface area (Å²) in [7, 11) is 1.58. The molecule has 0 aliphatic rings. The van der Waals surface area contributed by atoms with Crippen LogP contribution in [0.2, 0.25) is 0 Å². The molecule has 0 atom stereocenters. The minimum Gasteiger partial charge on any atom is -0.495 e. The van der Waals surface area contributed by atoms with Gasteiger partial charge in [-0.05, 0) is 61.0 Å². The number of hydrogen-bond acceptors (Lipinski definition) is 5. The van der Waals surface area contributed by atoms with Gasteiger partial charge in [0.25, 0.3) is 0 Å². The fourth-order valence-corrected chi connectivity index (χ4v) is 4.16. The summed E-state index contributed by atoms with van der Waals surface area (Å²) in [5.74, 6) is 0.728. The van der Waals surface area contributed by atoms with Crippen molar-refractivity contribution in [2.45, 2.75) is 25.9 Å². The third kappa shape index (κ3) is 3.53. The Kier molecular flexibility index (Phi) is 5.15. The van der Waals surface area contributed by atoms with E-state index in [0.717, 1.165) is 22.1 Å². The lowest BCUT2D eigenvalue weighted by Gasteiger charge is -2.12. The van der Waals surface area contributed by atoms with Crippen LogP contribution in [0.15, 0.2) is 47.6 Å². The van der Waals surface area contributed by atoms with E-state index in [-0.39, 0.29) is 11.7 Å². The molecule has 29 heavy (non-hydrogen) atoms. The number of para-hydroxylation sites is 2. The molecule has 0 aliphatic heterocycles. The number of pyridine rings is 1. The van der Waals surface area contributed by atoms with Gasteiger partial charge in [0.2, 0.25) is 5.91 Å². The van der Waals surface area contributed by atoms with E-state index in [1.54, 1.807) is 7.11 Å². The van der Waals surface area contributed by atoms with E-state index in [0.29, 0.717) is 16.6 Å². The average molecular weight is 407 g/mol. The number of aromatic nitrogens is 3. The third-order valence-corrected chi connectivity index (χ3v) is 5.96. The van der Waals surface area contributed by atoms with Crippen LogP contribution >= 0.6 is 11.8 Å². The van der Waals surface area contributed by atoms with Gasteiger partial charge in [-0.1, -0.05) is 36.0 Å². The summed E-state index contributed by atoms with van der Waals surface area (Å²) in [6.45, 7) is 6.23. The molecule has 0 unspecified atom stereocenters. The lowest BCUT2D eigenvalue weighted by atomic mass is 10.0. The molecule has 7 heteroatoms. The largest absolute Gasteiger partial charge is 0.495 e. The molecule has 4 rings (SSSR count). The first-order valence-electron chi connectivity index (χ1n) is 9.30. The van der Waals surface area contributed by atoms with Crippen LogP contribution < -0.4 is 10.1 Å². The Balaban J connectivity index is 1.65. The number of carbonyl (C=O) groups excluding carboxylic acids is 1. The molecule has 1 N–H and O–H groups in total. The summed E-state index contributed by atoms with van der Waals surface area (Å²) in [6, 6.07) is 13.7. The zero-order valence-corrected chi connectivity index (χ0v) is 17.6. The van der Waals surface area contributed by atoms with E-state index in [2.05, 4.69) is 52.0 Å². The number of fused-ring (bicyclic) bond motifs is 3. The summed E-state index contributed by atoms with van der Waals surface area (Å²) in [5, 5.41) is 13.5. The second kappa shape index (κ2) is 7.75. The lowest BCUT2D eigenvalue weighted by molar-refractivity contribution is -0.113. The minimum absolute atomic E-state index is 0.124. The summed E-state index contributed by atoms with van der Waals surface area (Å²) in [6.07, 6.45) is 0. The number of carbonyl (C=O) groups is 1. The molecule has 0 bridgehead atoms. The predicted molar refractivity (Wildman–Crippen MR) is 117 cm³/mol. The lowest BCUT2D eigenvalue weighted by Crippen LogP contribution is -2.15. The Morgan fingerprint density at radius 2 is 1.90 bits per heavy atom. The maximum atomic E-state index is 12.5. The van der Waals surface area contributed by atoms with E-state index in [1.807, 2.05) is 31.2 Å². The SMILES string of the molecule is COc1ccccc1NC(=O)CSc1nnc2c(C)cc3ccc(C)c(C)c3n12. The molecule has 0 aliphatic carbocycles. The van der Waals surface area contributed by atoms with Gasteiger partial charge in [-0.25, -0.2) is 0 Å². The van der Waals surface area contributed by atoms with Crippen LogP contribution in [0.1, 0.15) is 16.7 Å². The number of ether oxygens (including phenoxy) is 1. The fourth-order valence-electron chi connectivity index (χ4n) is 3.42. The number of benzene rings is 2. The molecule has 0 radical (unpaired) electrons. The number of anilines is 1. The molecule has 148 valence electrons. The molecule has 0 saturated heterocycles. The smallest absolute Gasteiger partial charge is 0.234 e. The number of thioether (sulfide) groups is 1. The van der Waals surface area contributed by atoms with Crippen LogP contribution in [0, 0.1) is 20.8 Å². The van der Waals surface area contributed by atoms with Crippen molar-refractivity contribution >= 4 is 39.9 Å². The average Bonchev–Trinajstić information content (AvgIpc) is 3.14. The first-order chi connectivity index (χ1) is 14.0. The number of rotatable bonds is 5. The van der Waals surface area contributed by atoms with Gasteiger partial charge < -0.3 is 10.1 Å². The quantitative estimate of drug-likeness (QED) is 0.493. The van der Waals surface area contributed by atoms with Crippen molar-refractivity contribution in [1.82, 2.24) is 14.6 Å². The van der Waals surface area contributed by atoms with E-state index < -0.39 is 0 Å². The number of methoxy groups -OCH3 is 1. The number of nitrogens with zero attached hydrogens (tertiary/aromatic N) is 3. The van der Waals surface area contributed by atoms with Gasteiger partial charge in [-0.2, -0.15) is 0 Å². The zero-order chi connectivity index (χ0) is 20.5. The fraction of sp³-hybridized carbons (Fsp3) is 0.227. The molecule has 6 nitrogen and oxygen atoms in total. The van der Waals surface area contributed by atoms with E-state index >= 15 is 0 Å². The van der Waals surface area contributed by atoms with Gasteiger partial charge in [-0.3, -0.25) is 9.20 Å². The summed E-state index contributed by atoms with van der Waals surface area (Å²) >= 11 is 1.37. The van der Waals surface area contributed by atoms with Crippen LogP contribution in [0.5, 0.6) is 5.75 Å². The van der Waals surface area contributed by atoms with Gasteiger partial charge in [0.1, 0.15) is 5.75 Å². The molecule has 0 saturated carbocycles. The molecular formula is C22H22N4O2S. The highest BCUT2D eigenvalue weighted by Gasteiger charge is 2.16. The number of nitrogens with one attached hydrogen (secondary N) is 1. The topological polar surface area (TPSA) is 68.5 Å². The van der Waals surface area contributed by atoms with Crippen molar-refractivity contribution in [3.05, 3.63) is 59.2 Å². The Morgan fingerprint density at radius 3 is 2.69 bits per heavy atom. The van der Waals surface area contributed by atoms with Crippen molar-refractivity contribution in [2.75, 3.05) is 18.2 Å². The Labute approximate surface area is 173 Å². The first-order valence-corrected chi connectivity index (χ1v) is 10.3. The van der Waals surface area contributed by atoms with Gasteiger partial charge in [0.15, 0.2) is 10.8 Å². The molecule has 0 fully saturated rings. The highest BCUT2D eigenvalue weighted by Crippen LogP contribution is 2.29. The minimum atomic E-state index is -0.124. The van der Waals surface area contributed by atoms with Gasteiger partial charge in [0.05, 0.1) is 24.1 Å². The van der Waals surface area contributed by atoms with Crippen LogP contribution in [-0.2, 0) is 4.79 Å². The molecule has 0 spiro atoms. The summed E-state index contributed by atoms with van der Waals surface area (Å²) < 4.78 is 7.36. The molecule has 4 aromatic rings. The van der Waals surface area contributed by atoms with Crippen molar-refractivity contribution in [1.29, 1.82) is 0 Å². The Hall–Kier alpha value is -3.06. The summed E-state index contributed by atoms with van der Waals surface area (Å²) in [4.78, 5) is 12.5.